The molecule has 176 valence electrons. The first-order valence-electron chi connectivity index (χ1n) is 11.9. The normalized spacial score (nSPS) is 19.8. The maximum atomic E-state index is 13.1. The molecule has 1 amide bonds. The van der Waals surface area contributed by atoms with Crippen molar-refractivity contribution in [2.45, 2.75) is 80.6 Å². The number of rotatable bonds is 6. The van der Waals surface area contributed by atoms with Crippen molar-refractivity contribution in [1.82, 2.24) is 18.8 Å². The van der Waals surface area contributed by atoms with Gasteiger partial charge in [-0.05, 0) is 57.7 Å². The summed E-state index contributed by atoms with van der Waals surface area (Å²) in [6, 6.07) is 5.24. The Morgan fingerprint density at radius 2 is 1.66 bits per heavy atom. The number of hydrogen-bond donors (Lipinski definition) is 0. The van der Waals surface area contributed by atoms with E-state index in [1.54, 1.807) is 16.4 Å². The number of hydrogen-bond acceptors (Lipinski definition) is 5. The van der Waals surface area contributed by atoms with Gasteiger partial charge in [0.15, 0.2) is 5.16 Å². The summed E-state index contributed by atoms with van der Waals surface area (Å²) in [6.45, 7) is 7.55. The maximum absolute atomic E-state index is 13.1. The van der Waals surface area contributed by atoms with Crippen LogP contribution < -0.4 is 0 Å². The molecule has 9 heteroatoms. The molecule has 0 bridgehead atoms. The number of nitrogens with zero attached hydrogens (tertiary/aromatic N) is 4. The number of fused-ring (bicyclic) bond motifs is 1. The second kappa shape index (κ2) is 10.1. The van der Waals surface area contributed by atoms with Gasteiger partial charge in [-0.15, -0.1) is 0 Å². The van der Waals surface area contributed by atoms with Gasteiger partial charge in [-0.25, -0.2) is 13.4 Å². The lowest BCUT2D eigenvalue weighted by Crippen LogP contribution is -2.37. The molecule has 4 rings (SSSR count). The maximum Gasteiger partial charge on any atom is 0.243 e. The fourth-order valence-electron chi connectivity index (χ4n) is 4.65. The van der Waals surface area contributed by atoms with Crippen molar-refractivity contribution in [3.05, 3.63) is 18.2 Å². The SMILES string of the molecule is CCn1c(SC(C)C(=O)N2CCCCCC2)nc2cc(S(=O)(=O)N3CCCCC3)ccc21. The number of likely N-dealkylation sites (tertiary alicyclic amines) is 1. The van der Waals surface area contributed by atoms with E-state index in [4.69, 9.17) is 4.98 Å². The van der Waals surface area contributed by atoms with E-state index in [-0.39, 0.29) is 11.2 Å². The highest BCUT2D eigenvalue weighted by Gasteiger charge is 2.28. The number of amides is 1. The summed E-state index contributed by atoms with van der Waals surface area (Å²) < 4.78 is 29.9. The fraction of sp³-hybridized carbons (Fsp3) is 0.652. The third-order valence-electron chi connectivity index (χ3n) is 6.50. The van der Waals surface area contributed by atoms with E-state index in [1.165, 1.54) is 24.6 Å². The van der Waals surface area contributed by atoms with Crippen LogP contribution in [0.5, 0.6) is 0 Å². The average molecular weight is 479 g/mol. The van der Waals surface area contributed by atoms with E-state index in [1.807, 2.05) is 24.8 Å². The van der Waals surface area contributed by atoms with Gasteiger partial charge in [-0.2, -0.15) is 4.31 Å². The number of carbonyl (C=O) groups is 1. The number of aromatic nitrogens is 2. The van der Waals surface area contributed by atoms with E-state index in [2.05, 4.69) is 4.57 Å². The molecule has 3 heterocycles. The lowest BCUT2D eigenvalue weighted by atomic mass is 10.2. The van der Waals surface area contributed by atoms with E-state index >= 15 is 0 Å². The second-order valence-electron chi connectivity index (χ2n) is 8.75. The lowest BCUT2D eigenvalue weighted by Gasteiger charge is -2.25. The molecule has 0 aliphatic carbocycles. The molecule has 0 spiro atoms. The van der Waals surface area contributed by atoms with Gasteiger partial charge in [-0.1, -0.05) is 31.0 Å². The van der Waals surface area contributed by atoms with Crippen molar-refractivity contribution >= 4 is 38.7 Å². The topological polar surface area (TPSA) is 75.5 Å². The molecule has 0 saturated carbocycles. The van der Waals surface area contributed by atoms with Crippen molar-refractivity contribution in [3.8, 4) is 0 Å². The number of benzene rings is 1. The van der Waals surface area contributed by atoms with Crippen LogP contribution in [0.1, 0.15) is 58.8 Å². The van der Waals surface area contributed by atoms with E-state index < -0.39 is 10.0 Å². The monoisotopic (exact) mass is 478 g/mol. The summed E-state index contributed by atoms with van der Waals surface area (Å²) in [4.78, 5) is 20.1. The number of carbonyl (C=O) groups excluding carboxylic acids is 1. The Labute approximate surface area is 195 Å². The zero-order chi connectivity index (χ0) is 22.7. The van der Waals surface area contributed by atoms with Gasteiger partial charge in [0.25, 0.3) is 0 Å². The Balaban J connectivity index is 1.57. The van der Waals surface area contributed by atoms with Gasteiger partial charge >= 0.3 is 0 Å². The molecule has 1 aromatic heterocycles. The molecule has 2 aliphatic heterocycles. The van der Waals surface area contributed by atoms with Gasteiger partial charge in [0, 0.05) is 32.7 Å². The smallest absolute Gasteiger partial charge is 0.243 e. The minimum atomic E-state index is -3.50. The first-order valence-corrected chi connectivity index (χ1v) is 14.2. The number of imidazole rings is 1. The largest absolute Gasteiger partial charge is 0.342 e. The summed E-state index contributed by atoms with van der Waals surface area (Å²) in [5, 5.41) is 0.539. The Hall–Kier alpha value is -1.58. The van der Waals surface area contributed by atoms with Crippen molar-refractivity contribution in [1.29, 1.82) is 0 Å². The van der Waals surface area contributed by atoms with Crippen molar-refractivity contribution < 1.29 is 13.2 Å². The number of thioether (sulfide) groups is 1. The molecule has 2 aromatic rings. The molecule has 0 N–H and O–H groups in total. The Morgan fingerprint density at radius 1 is 1.03 bits per heavy atom. The minimum absolute atomic E-state index is 0.167. The van der Waals surface area contributed by atoms with E-state index in [9.17, 15) is 13.2 Å². The third kappa shape index (κ3) is 4.84. The van der Waals surface area contributed by atoms with Crippen LogP contribution in [0.4, 0.5) is 0 Å². The van der Waals surface area contributed by atoms with E-state index in [0.29, 0.717) is 30.0 Å². The molecule has 2 aliphatic rings. The van der Waals surface area contributed by atoms with Crippen LogP contribution in [0.2, 0.25) is 0 Å². The fourth-order valence-corrected chi connectivity index (χ4v) is 7.26. The van der Waals surface area contributed by atoms with Crippen LogP contribution in [0.25, 0.3) is 11.0 Å². The number of sulfonamides is 1. The van der Waals surface area contributed by atoms with Gasteiger partial charge in [0.05, 0.1) is 21.2 Å². The van der Waals surface area contributed by atoms with Crippen LogP contribution in [-0.2, 0) is 21.4 Å². The molecular formula is C23H34N4O3S2. The molecule has 1 aromatic carbocycles. The van der Waals surface area contributed by atoms with Crippen LogP contribution in [-0.4, -0.2) is 64.5 Å². The first kappa shape index (κ1) is 23.6. The Kier molecular flexibility index (Phi) is 7.47. The predicted octanol–water partition coefficient (Wildman–Crippen LogP) is 4.11. The average Bonchev–Trinajstić information content (AvgIpc) is 2.96. The number of piperidine rings is 1. The minimum Gasteiger partial charge on any atom is -0.342 e. The molecule has 2 fully saturated rings. The quantitative estimate of drug-likeness (QED) is 0.584. The van der Waals surface area contributed by atoms with Crippen molar-refractivity contribution in [2.75, 3.05) is 26.2 Å². The third-order valence-corrected chi connectivity index (χ3v) is 9.47. The highest BCUT2D eigenvalue weighted by molar-refractivity contribution is 8.00. The standard InChI is InChI=1S/C23H34N4O3S2/c1-3-27-21-12-11-19(32(29,30)26-15-9-6-10-16-26)17-20(21)24-23(27)31-18(2)22(28)25-13-7-4-5-8-14-25/h11-12,17-18H,3-10,13-16H2,1-2H3. The summed E-state index contributed by atoms with van der Waals surface area (Å²) in [5.74, 6) is 0.167. The zero-order valence-electron chi connectivity index (χ0n) is 19.1. The van der Waals surface area contributed by atoms with Crippen LogP contribution in [0.15, 0.2) is 28.3 Å². The van der Waals surface area contributed by atoms with Crippen molar-refractivity contribution in [2.24, 2.45) is 0 Å². The molecule has 1 atom stereocenters. The highest BCUT2D eigenvalue weighted by atomic mass is 32.2. The molecule has 7 nitrogen and oxygen atoms in total. The summed E-state index contributed by atoms with van der Waals surface area (Å²) in [5.41, 5.74) is 1.57. The van der Waals surface area contributed by atoms with Crippen LogP contribution in [0.3, 0.4) is 0 Å². The van der Waals surface area contributed by atoms with Crippen molar-refractivity contribution in [3.63, 3.8) is 0 Å². The van der Waals surface area contributed by atoms with Crippen LogP contribution in [0, 0.1) is 0 Å². The number of aryl methyl sites for hydroxylation is 1. The van der Waals surface area contributed by atoms with Gasteiger partial charge in [-0.3, -0.25) is 4.79 Å². The summed E-state index contributed by atoms with van der Waals surface area (Å²) in [6.07, 6.45) is 7.45. The molecular weight excluding hydrogens is 444 g/mol. The zero-order valence-corrected chi connectivity index (χ0v) is 20.8. The summed E-state index contributed by atoms with van der Waals surface area (Å²) >= 11 is 1.47. The lowest BCUT2D eigenvalue weighted by molar-refractivity contribution is -0.130. The molecule has 32 heavy (non-hydrogen) atoms. The van der Waals surface area contributed by atoms with Gasteiger partial charge < -0.3 is 9.47 Å². The van der Waals surface area contributed by atoms with Gasteiger partial charge in [0.1, 0.15) is 0 Å². The van der Waals surface area contributed by atoms with Crippen LogP contribution >= 0.6 is 11.8 Å². The second-order valence-corrected chi connectivity index (χ2v) is 12.0. The van der Waals surface area contributed by atoms with E-state index in [0.717, 1.165) is 55.9 Å². The molecule has 1 unspecified atom stereocenters. The highest BCUT2D eigenvalue weighted by Crippen LogP contribution is 2.31. The molecule has 2 saturated heterocycles. The summed E-state index contributed by atoms with van der Waals surface area (Å²) in [7, 11) is -3.50. The first-order chi connectivity index (χ1) is 15.4. The van der Waals surface area contributed by atoms with Gasteiger partial charge in [0.2, 0.25) is 15.9 Å². The Morgan fingerprint density at radius 3 is 2.31 bits per heavy atom. The predicted molar refractivity (Wildman–Crippen MR) is 128 cm³/mol. The Bertz CT molecular complexity index is 1050. The molecule has 0 radical (unpaired) electrons.